The predicted molar refractivity (Wildman–Crippen MR) is 108 cm³/mol. The number of hydrogen-bond acceptors (Lipinski definition) is 4. The number of benzene rings is 2. The average molecular weight is 408 g/mol. The monoisotopic (exact) mass is 407 g/mol. The van der Waals surface area contributed by atoms with Crippen molar-refractivity contribution >= 4 is 27.7 Å². The Balaban J connectivity index is 1.88. The zero-order valence-corrected chi connectivity index (χ0v) is 16.8. The first-order valence-corrected chi connectivity index (χ1v) is 10.5. The lowest BCUT2D eigenvalue weighted by atomic mass is 10.0. The van der Waals surface area contributed by atoms with Crippen molar-refractivity contribution in [2.45, 2.75) is 18.9 Å². The van der Waals surface area contributed by atoms with Crippen LogP contribution in [0.3, 0.4) is 0 Å². The number of rotatable bonds is 6. The van der Waals surface area contributed by atoms with E-state index in [4.69, 9.17) is 21.1 Å². The minimum Gasteiger partial charge on any atom is -0.497 e. The van der Waals surface area contributed by atoms with Gasteiger partial charge in [0.15, 0.2) is 0 Å². The Bertz CT molecular complexity index is 925. The molecule has 1 atom stereocenters. The third kappa shape index (κ3) is 4.46. The second-order valence-electron chi connectivity index (χ2n) is 6.28. The molecule has 0 aromatic heterocycles. The van der Waals surface area contributed by atoms with Gasteiger partial charge in [0.2, 0.25) is 10.0 Å². The molecule has 5 nitrogen and oxygen atoms in total. The molecular weight excluding hydrogens is 386 g/mol. The summed E-state index contributed by atoms with van der Waals surface area (Å²) in [6.45, 7) is 0.479. The van der Waals surface area contributed by atoms with Gasteiger partial charge in [0, 0.05) is 28.6 Å². The summed E-state index contributed by atoms with van der Waals surface area (Å²) in [5, 5.41) is 1.87. The molecule has 2 aromatic rings. The van der Waals surface area contributed by atoms with E-state index in [0.717, 1.165) is 24.0 Å². The molecule has 0 N–H and O–H groups in total. The molecule has 1 unspecified atom stereocenters. The second-order valence-corrected chi connectivity index (χ2v) is 8.48. The molecule has 7 heteroatoms. The third-order valence-corrected chi connectivity index (χ3v) is 6.46. The fourth-order valence-electron chi connectivity index (χ4n) is 3.27. The van der Waals surface area contributed by atoms with Crippen LogP contribution in [0.2, 0.25) is 5.02 Å². The van der Waals surface area contributed by atoms with Crippen molar-refractivity contribution in [1.29, 1.82) is 0 Å². The molecule has 0 saturated carbocycles. The van der Waals surface area contributed by atoms with Crippen molar-refractivity contribution in [3.05, 3.63) is 64.0 Å². The lowest BCUT2D eigenvalue weighted by Crippen LogP contribution is -2.29. The molecule has 2 aromatic carbocycles. The Morgan fingerprint density at radius 1 is 1.11 bits per heavy atom. The molecule has 0 spiro atoms. The number of hydrogen-bond donors (Lipinski definition) is 0. The molecule has 0 aliphatic carbocycles. The van der Waals surface area contributed by atoms with Gasteiger partial charge < -0.3 is 9.47 Å². The van der Waals surface area contributed by atoms with E-state index < -0.39 is 10.0 Å². The lowest BCUT2D eigenvalue weighted by Gasteiger charge is -2.24. The van der Waals surface area contributed by atoms with Gasteiger partial charge in [-0.1, -0.05) is 29.8 Å². The number of ether oxygens (including phenoxy) is 2. The van der Waals surface area contributed by atoms with Crippen molar-refractivity contribution in [1.82, 2.24) is 4.31 Å². The van der Waals surface area contributed by atoms with E-state index in [2.05, 4.69) is 0 Å². The minimum atomic E-state index is -3.57. The highest BCUT2D eigenvalue weighted by Gasteiger charge is 2.35. The molecule has 0 bridgehead atoms. The van der Waals surface area contributed by atoms with Crippen LogP contribution in [-0.2, 0) is 10.0 Å². The molecule has 1 aliphatic rings. The van der Waals surface area contributed by atoms with Gasteiger partial charge in [-0.3, -0.25) is 0 Å². The SMILES string of the molecule is COc1ccc(C2CCCN2S(=O)(=O)/C=C/c2ccc(Cl)cc2)c(OC)c1. The maximum atomic E-state index is 12.9. The topological polar surface area (TPSA) is 55.8 Å². The highest BCUT2D eigenvalue weighted by atomic mass is 35.5. The molecule has 1 fully saturated rings. The van der Waals surface area contributed by atoms with Gasteiger partial charge in [-0.15, -0.1) is 0 Å². The predicted octanol–water partition coefficient (Wildman–Crippen LogP) is 4.49. The van der Waals surface area contributed by atoms with E-state index in [0.29, 0.717) is 23.1 Å². The molecule has 27 heavy (non-hydrogen) atoms. The normalized spacial score (nSPS) is 18.1. The lowest BCUT2D eigenvalue weighted by molar-refractivity contribution is 0.363. The Morgan fingerprint density at radius 2 is 1.85 bits per heavy atom. The Morgan fingerprint density at radius 3 is 2.52 bits per heavy atom. The van der Waals surface area contributed by atoms with Crippen LogP contribution in [0.4, 0.5) is 0 Å². The quantitative estimate of drug-likeness (QED) is 0.707. The summed E-state index contributed by atoms with van der Waals surface area (Å²) < 4.78 is 38.1. The van der Waals surface area contributed by atoms with Crippen LogP contribution in [0.1, 0.15) is 30.0 Å². The maximum Gasteiger partial charge on any atom is 0.236 e. The van der Waals surface area contributed by atoms with Gasteiger partial charge in [0.05, 0.1) is 20.3 Å². The fraction of sp³-hybridized carbons (Fsp3) is 0.300. The first kappa shape index (κ1) is 19.7. The van der Waals surface area contributed by atoms with Gasteiger partial charge >= 0.3 is 0 Å². The fourth-order valence-corrected chi connectivity index (χ4v) is 4.83. The summed E-state index contributed by atoms with van der Waals surface area (Å²) in [6, 6.07) is 12.2. The van der Waals surface area contributed by atoms with Gasteiger partial charge in [0.25, 0.3) is 0 Å². The van der Waals surface area contributed by atoms with Crippen LogP contribution in [0, 0.1) is 0 Å². The smallest absolute Gasteiger partial charge is 0.236 e. The van der Waals surface area contributed by atoms with E-state index in [-0.39, 0.29) is 6.04 Å². The maximum absolute atomic E-state index is 12.9. The van der Waals surface area contributed by atoms with E-state index in [9.17, 15) is 8.42 Å². The third-order valence-electron chi connectivity index (χ3n) is 4.63. The van der Waals surface area contributed by atoms with Crippen LogP contribution in [0.25, 0.3) is 6.08 Å². The first-order valence-electron chi connectivity index (χ1n) is 8.62. The summed E-state index contributed by atoms with van der Waals surface area (Å²) in [7, 11) is -0.412. The first-order chi connectivity index (χ1) is 12.9. The number of halogens is 1. The highest BCUT2D eigenvalue weighted by molar-refractivity contribution is 7.92. The van der Waals surface area contributed by atoms with Gasteiger partial charge in [-0.25, -0.2) is 8.42 Å². The summed E-state index contributed by atoms with van der Waals surface area (Å²) in [5.41, 5.74) is 1.63. The minimum absolute atomic E-state index is 0.259. The van der Waals surface area contributed by atoms with Crippen molar-refractivity contribution in [2.24, 2.45) is 0 Å². The van der Waals surface area contributed by atoms with Crippen LogP contribution in [0.5, 0.6) is 11.5 Å². The van der Waals surface area contributed by atoms with Crippen LogP contribution >= 0.6 is 11.6 Å². The Labute approximate surface area is 165 Å². The van der Waals surface area contributed by atoms with Gasteiger partial charge in [0.1, 0.15) is 11.5 Å². The van der Waals surface area contributed by atoms with Crippen molar-refractivity contribution in [3.8, 4) is 11.5 Å². The van der Waals surface area contributed by atoms with Crippen LogP contribution in [-0.4, -0.2) is 33.5 Å². The summed E-state index contributed by atoms with van der Waals surface area (Å²) in [4.78, 5) is 0. The van der Waals surface area contributed by atoms with Crippen LogP contribution < -0.4 is 9.47 Å². The number of sulfonamides is 1. The molecule has 144 valence electrons. The average Bonchev–Trinajstić information content (AvgIpc) is 3.17. The zero-order valence-electron chi connectivity index (χ0n) is 15.3. The van der Waals surface area contributed by atoms with Gasteiger partial charge in [-0.05, 0) is 42.7 Å². The molecule has 1 saturated heterocycles. The standard InChI is InChI=1S/C20H22ClNO4S/c1-25-17-9-10-18(20(14-17)26-2)19-4-3-12-22(19)27(23,24)13-11-15-5-7-16(21)8-6-15/h5-11,13-14,19H,3-4,12H2,1-2H3/b13-11+. The molecule has 3 rings (SSSR count). The van der Waals surface area contributed by atoms with E-state index in [1.54, 1.807) is 50.6 Å². The zero-order chi connectivity index (χ0) is 19.4. The van der Waals surface area contributed by atoms with Crippen molar-refractivity contribution in [3.63, 3.8) is 0 Å². The molecular formula is C20H22ClNO4S. The number of nitrogens with zero attached hydrogens (tertiary/aromatic N) is 1. The Kier molecular flexibility index (Phi) is 6.09. The van der Waals surface area contributed by atoms with E-state index in [1.807, 2.05) is 12.1 Å². The van der Waals surface area contributed by atoms with E-state index >= 15 is 0 Å². The van der Waals surface area contributed by atoms with Crippen LogP contribution in [0.15, 0.2) is 47.9 Å². The van der Waals surface area contributed by atoms with Crippen molar-refractivity contribution < 1.29 is 17.9 Å². The summed E-state index contributed by atoms with van der Waals surface area (Å²) >= 11 is 5.87. The highest BCUT2D eigenvalue weighted by Crippen LogP contribution is 2.40. The largest absolute Gasteiger partial charge is 0.497 e. The molecule has 0 radical (unpaired) electrons. The summed E-state index contributed by atoms with van der Waals surface area (Å²) in [5.74, 6) is 1.30. The van der Waals surface area contributed by atoms with Gasteiger partial charge in [-0.2, -0.15) is 4.31 Å². The second kappa shape index (κ2) is 8.33. The molecule has 1 heterocycles. The van der Waals surface area contributed by atoms with E-state index in [1.165, 1.54) is 9.71 Å². The molecule has 0 amide bonds. The summed E-state index contributed by atoms with van der Waals surface area (Å²) in [6.07, 6.45) is 3.14. The Hall–Kier alpha value is -2.02. The molecule has 1 aliphatic heterocycles. The number of methoxy groups -OCH3 is 2. The van der Waals surface area contributed by atoms with Crippen molar-refractivity contribution in [2.75, 3.05) is 20.8 Å².